The Morgan fingerprint density at radius 3 is 2.54 bits per heavy atom. The number of benzene rings is 1. The minimum absolute atomic E-state index is 0.230. The van der Waals surface area contributed by atoms with E-state index >= 15 is 0 Å². The fourth-order valence-electron chi connectivity index (χ4n) is 2.64. The van der Waals surface area contributed by atoms with Crippen molar-refractivity contribution in [3.63, 3.8) is 0 Å². The molecule has 1 saturated heterocycles. The summed E-state index contributed by atoms with van der Waals surface area (Å²) in [4.78, 5) is 20.6. The van der Waals surface area contributed by atoms with Gasteiger partial charge in [0, 0.05) is 50.8 Å². The Morgan fingerprint density at radius 2 is 1.88 bits per heavy atom. The van der Waals surface area contributed by atoms with Gasteiger partial charge in [-0.1, -0.05) is 24.3 Å². The molecular formula is C17H23N5OS. The van der Waals surface area contributed by atoms with Gasteiger partial charge in [-0.05, 0) is 18.2 Å². The van der Waals surface area contributed by atoms with Crippen LogP contribution in [0, 0.1) is 0 Å². The summed E-state index contributed by atoms with van der Waals surface area (Å²) >= 11 is 1.40. The van der Waals surface area contributed by atoms with Crippen LogP contribution in [0.1, 0.15) is 11.1 Å². The van der Waals surface area contributed by atoms with Gasteiger partial charge in [0.15, 0.2) is 5.13 Å². The summed E-state index contributed by atoms with van der Waals surface area (Å²) in [6, 6.07) is 8.22. The Hall–Kier alpha value is -1.96. The summed E-state index contributed by atoms with van der Waals surface area (Å²) in [5.74, 6) is 0. The highest BCUT2D eigenvalue weighted by Crippen LogP contribution is 2.11. The number of piperazine rings is 1. The summed E-state index contributed by atoms with van der Waals surface area (Å²) in [6.45, 7) is 6.01. The number of anilines is 1. The summed E-state index contributed by atoms with van der Waals surface area (Å²) in [5.41, 5.74) is 2.40. The highest BCUT2D eigenvalue weighted by atomic mass is 32.1. The average Bonchev–Trinajstić information content (AvgIpc) is 3.09. The minimum atomic E-state index is -0.230. The number of hydrogen-bond donors (Lipinski definition) is 2. The zero-order chi connectivity index (χ0) is 16.8. The number of carbonyl (C=O) groups is 1. The number of nitrogens with zero attached hydrogens (tertiary/aromatic N) is 3. The third-order valence-electron chi connectivity index (χ3n) is 4.13. The number of amides is 2. The second-order valence-electron chi connectivity index (χ2n) is 6.04. The molecule has 1 aliphatic rings. The second-order valence-corrected chi connectivity index (χ2v) is 6.94. The van der Waals surface area contributed by atoms with E-state index in [0.717, 1.165) is 38.3 Å². The lowest BCUT2D eigenvalue weighted by Crippen LogP contribution is -2.43. The van der Waals surface area contributed by atoms with E-state index in [1.54, 1.807) is 6.20 Å². The molecule has 1 aliphatic heterocycles. The van der Waals surface area contributed by atoms with Gasteiger partial charge >= 0.3 is 6.03 Å². The Morgan fingerprint density at radius 1 is 1.17 bits per heavy atom. The first-order chi connectivity index (χ1) is 11.7. The molecule has 0 bridgehead atoms. The number of hydrogen-bond acceptors (Lipinski definition) is 5. The molecule has 0 aliphatic carbocycles. The van der Waals surface area contributed by atoms with Gasteiger partial charge < -0.3 is 10.2 Å². The van der Waals surface area contributed by atoms with Crippen LogP contribution >= 0.6 is 11.3 Å². The lowest BCUT2D eigenvalue weighted by atomic mass is 10.1. The van der Waals surface area contributed by atoms with E-state index in [1.165, 1.54) is 16.9 Å². The number of rotatable bonds is 5. The van der Waals surface area contributed by atoms with Crippen LogP contribution in [0.15, 0.2) is 35.8 Å². The molecule has 0 atom stereocenters. The lowest BCUT2D eigenvalue weighted by molar-refractivity contribution is 0.148. The summed E-state index contributed by atoms with van der Waals surface area (Å²) in [6.07, 6.45) is 1.67. The molecule has 0 unspecified atom stereocenters. The number of likely N-dealkylation sites (N-methyl/N-ethyl adjacent to an activating group) is 1. The Labute approximate surface area is 146 Å². The van der Waals surface area contributed by atoms with Crippen molar-refractivity contribution in [2.75, 3.05) is 38.5 Å². The predicted octanol–water partition coefficient (Wildman–Crippen LogP) is 2.21. The third kappa shape index (κ3) is 5.02. The number of nitrogens with one attached hydrogen (secondary N) is 2. The summed E-state index contributed by atoms with van der Waals surface area (Å²) in [5, 5.41) is 7.99. The van der Waals surface area contributed by atoms with Gasteiger partial charge in [-0.2, -0.15) is 0 Å². The maximum atomic E-state index is 11.8. The van der Waals surface area contributed by atoms with Crippen LogP contribution in [-0.2, 0) is 13.1 Å². The first-order valence-electron chi connectivity index (χ1n) is 8.12. The fourth-order valence-corrected chi connectivity index (χ4v) is 3.16. The highest BCUT2D eigenvalue weighted by Gasteiger charge is 2.13. The number of urea groups is 1. The van der Waals surface area contributed by atoms with Crippen molar-refractivity contribution in [3.8, 4) is 0 Å². The number of thiazole rings is 1. The molecule has 0 radical (unpaired) electrons. The van der Waals surface area contributed by atoms with Crippen LogP contribution in [0.4, 0.5) is 9.93 Å². The molecule has 24 heavy (non-hydrogen) atoms. The molecule has 7 heteroatoms. The molecular weight excluding hydrogens is 322 g/mol. The zero-order valence-corrected chi connectivity index (χ0v) is 14.7. The van der Waals surface area contributed by atoms with Crippen molar-refractivity contribution in [2.45, 2.75) is 13.1 Å². The largest absolute Gasteiger partial charge is 0.334 e. The molecule has 1 aromatic heterocycles. The molecule has 2 aromatic rings. The van der Waals surface area contributed by atoms with E-state index in [2.05, 4.69) is 56.7 Å². The molecule has 128 valence electrons. The summed E-state index contributed by atoms with van der Waals surface area (Å²) in [7, 11) is 2.17. The average molecular weight is 345 g/mol. The number of carbonyl (C=O) groups excluding carboxylic acids is 1. The molecule has 1 aromatic carbocycles. The first kappa shape index (κ1) is 16.9. The van der Waals surface area contributed by atoms with E-state index in [9.17, 15) is 4.79 Å². The van der Waals surface area contributed by atoms with Crippen LogP contribution in [-0.4, -0.2) is 54.0 Å². The molecule has 1 fully saturated rings. The van der Waals surface area contributed by atoms with Gasteiger partial charge in [-0.25, -0.2) is 9.78 Å². The highest BCUT2D eigenvalue weighted by molar-refractivity contribution is 7.13. The Kier molecular flexibility index (Phi) is 5.79. The predicted molar refractivity (Wildman–Crippen MR) is 97.2 cm³/mol. The third-order valence-corrected chi connectivity index (χ3v) is 4.82. The first-order valence-corrected chi connectivity index (χ1v) is 9.00. The standard InChI is InChI=1S/C17H23N5OS/c1-21-7-9-22(10-8-21)13-15-4-2-14(3-5-15)12-19-16(23)20-17-18-6-11-24-17/h2-6,11H,7-10,12-13H2,1H3,(H2,18,19,20,23). The fraction of sp³-hybridized carbons (Fsp3) is 0.412. The normalized spacial score (nSPS) is 16.0. The van der Waals surface area contributed by atoms with Crippen LogP contribution < -0.4 is 10.6 Å². The van der Waals surface area contributed by atoms with E-state index in [1.807, 2.05) is 5.38 Å². The zero-order valence-electron chi connectivity index (χ0n) is 13.9. The van der Waals surface area contributed by atoms with Crippen LogP contribution in [0.5, 0.6) is 0 Å². The lowest BCUT2D eigenvalue weighted by Gasteiger charge is -2.32. The van der Waals surface area contributed by atoms with Crippen molar-refractivity contribution < 1.29 is 4.79 Å². The van der Waals surface area contributed by atoms with Crippen LogP contribution in [0.2, 0.25) is 0 Å². The molecule has 6 nitrogen and oxygen atoms in total. The second kappa shape index (κ2) is 8.23. The van der Waals surface area contributed by atoms with E-state index in [4.69, 9.17) is 0 Å². The Balaban J connectivity index is 1.43. The van der Waals surface area contributed by atoms with Gasteiger partial charge in [0.2, 0.25) is 0 Å². The number of aromatic nitrogens is 1. The quantitative estimate of drug-likeness (QED) is 0.872. The van der Waals surface area contributed by atoms with Gasteiger partial charge in [0.1, 0.15) is 0 Å². The van der Waals surface area contributed by atoms with Gasteiger partial charge in [0.05, 0.1) is 0 Å². The molecule has 2 amide bonds. The monoisotopic (exact) mass is 345 g/mol. The van der Waals surface area contributed by atoms with Crippen molar-refractivity contribution in [2.24, 2.45) is 0 Å². The van der Waals surface area contributed by atoms with E-state index < -0.39 is 0 Å². The topological polar surface area (TPSA) is 60.5 Å². The Bertz CT molecular complexity index is 636. The van der Waals surface area contributed by atoms with Crippen LogP contribution in [0.3, 0.4) is 0 Å². The van der Waals surface area contributed by atoms with Crippen LogP contribution in [0.25, 0.3) is 0 Å². The minimum Gasteiger partial charge on any atom is -0.334 e. The van der Waals surface area contributed by atoms with E-state index in [0.29, 0.717) is 11.7 Å². The molecule has 0 spiro atoms. The maximum absolute atomic E-state index is 11.8. The summed E-state index contributed by atoms with van der Waals surface area (Å²) < 4.78 is 0. The SMILES string of the molecule is CN1CCN(Cc2ccc(CNC(=O)Nc3nccs3)cc2)CC1. The molecule has 2 heterocycles. The molecule has 3 rings (SSSR count). The van der Waals surface area contributed by atoms with Crippen molar-refractivity contribution >= 4 is 22.5 Å². The molecule has 2 N–H and O–H groups in total. The van der Waals surface area contributed by atoms with Crippen molar-refractivity contribution in [1.82, 2.24) is 20.1 Å². The molecule has 0 saturated carbocycles. The smallest absolute Gasteiger partial charge is 0.321 e. The van der Waals surface area contributed by atoms with Crippen molar-refractivity contribution in [3.05, 3.63) is 47.0 Å². The van der Waals surface area contributed by atoms with Gasteiger partial charge in [0.25, 0.3) is 0 Å². The van der Waals surface area contributed by atoms with Gasteiger partial charge in [-0.15, -0.1) is 11.3 Å². The van der Waals surface area contributed by atoms with Gasteiger partial charge in [-0.3, -0.25) is 10.2 Å². The van der Waals surface area contributed by atoms with Crippen molar-refractivity contribution in [1.29, 1.82) is 0 Å². The maximum Gasteiger partial charge on any atom is 0.321 e. The van der Waals surface area contributed by atoms with E-state index in [-0.39, 0.29) is 6.03 Å².